The number of hydrogen-bond acceptors (Lipinski definition) is 7. The highest BCUT2D eigenvalue weighted by atomic mass is 16.5. The van der Waals surface area contributed by atoms with Crippen molar-refractivity contribution in [3.05, 3.63) is 60.7 Å². The molecule has 2 aromatic carbocycles. The number of amides is 1. The fourth-order valence-electron chi connectivity index (χ4n) is 3.22. The Morgan fingerprint density at radius 3 is 2.39 bits per heavy atom. The van der Waals surface area contributed by atoms with Crippen molar-refractivity contribution in [3.63, 3.8) is 0 Å². The van der Waals surface area contributed by atoms with Crippen LogP contribution in [0.2, 0.25) is 0 Å². The Hall–Kier alpha value is -3.81. The SMILES string of the molecule is CCN(CC)c1cccc(OCC(=O)NCCOc2ccc(-c3ccc(OC)cc3)nn2)c1. The van der Waals surface area contributed by atoms with Crippen LogP contribution < -0.4 is 24.4 Å². The van der Waals surface area contributed by atoms with E-state index in [1.54, 1.807) is 13.2 Å². The molecule has 0 saturated carbocycles. The molecule has 0 bridgehead atoms. The van der Waals surface area contributed by atoms with Crippen molar-refractivity contribution < 1.29 is 19.0 Å². The highest BCUT2D eigenvalue weighted by molar-refractivity contribution is 5.77. The first kappa shape index (κ1) is 23.8. The largest absolute Gasteiger partial charge is 0.497 e. The minimum atomic E-state index is -0.215. The van der Waals surface area contributed by atoms with Crippen molar-refractivity contribution in [2.75, 3.05) is 44.9 Å². The summed E-state index contributed by atoms with van der Waals surface area (Å²) in [6, 6.07) is 18.9. The predicted octanol–water partition coefficient (Wildman–Crippen LogP) is 3.57. The van der Waals surface area contributed by atoms with E-state index in [-0.39, 0.29) is 19.1 Å². The van der Waals surface area contributed by atoms with E-state index < -0.39 is 0 Å². The van der Waals surface area contributed by atoms with Crippen LogP contribution in [0.1, 0.15) is 13.8 Å². The molecule has 0 unspecified atom stereocenters. The number of methoxy groups -OCH3 is 1. The molecule has 0 aliphatic heterocycles. The second kappa shape index (κ2) is 12.3. The first-order chi connectivity index (χ1) is 16.1. The molecule has 3 rings (SSSR count). The summed E-state index contributed by atoms with van der Waals surface area (Å²) in [7, 11) is 1.63. The lowest BCUT2D eigenvalue weighted by molar-refractivity contribution is -0.123. The third-order valence-electron chi connectivity index (χ3n) is 5.02. The number of rotatable bonds is 12. The number of ether oxygens (including phenoxy) is 3. The molecular weight excluding hydrogens is 420 g/mol. The highest BCUT2D eigenvalue weighted by Gasteiger charge is 2.07. The van der Waals surface area contributed by atoms with Crippen molar-refractivity contribution in [2.45, 2.75) is 13.8 Å². The van der Waals surface area contributed by atoms with E-state index in [4.69, 9.17) is 14.2 Å². The minimum Gasteiger partial charge on any atom is -0.497 e. The maximum atomic E-state index is 12.1. The molecule has 3 aromatic rings. The molecule has 0 radical (unpaired) electrons. The van der Waals surface area contributed by atoms with E-state index in [1.165, 1.54) is 0 Å². The first-order valence-corrected chi connectivity index (χ1v) is 11.0. The van der Waals surface area contributed by atoms with E-state index in [1.807, 2.05) is 54.6 Å². The summed E-state index contributed by atoms with van der Waals surface area (Å²) in [5, 5.41) is 11.0. The van der Waals surface area contributed by atoms with Crippen molar-refractivity contribution in [3.8, 4) is 28.6 Å². The molecule has 1 heterocycles. The molecule has 174 valence electrons. The van der Waals surface area contributed by atoms with E-state index >= 15 is 0 Å². The topological polar surface area (TPSA) is 85.8 Å². The maximum absolute atomic E-state index is 12.1. The van der Waals surface area contributed by atoms with Crippen LogP contribution in [0, 0.1) is 0 Å². The number of benzene rings is 2. The van der Waals surface area contributed by atoms with E-state index in [0.29, 0.717) is 18.2 Å². The normalized spacial score (nSPS) is 10.4. The molecule has 0 fully saturated rings. The third-order valence-corrected chi connectivity index (χ3v) is 5.02. The van der Waals surface area contributed by atoms with Crippen LogP contribution in [0.15, 0.2) is 60.7 Å². The fourth-order valence-corrected chi connectivity index (χ4v) is 3.22. The van der Waals surface area contributed by atoms with Gasteiger partial charge in [0.2, 0.25) is 5.88 Å². The molecule has 8 nitrogen and oxygen atoms in total. The Bertz CT molecular complexity index is 1010. The molecule has 0 aliphatic rings. The van der Waals surface area contributed by atoms with Gasteiger partial charge >= 0.3 is 0 Å². The number of nitrogens with zero attached hydrogens (tertiary/aromatic N) is 3. The van der Waals surface area contributed by atoms with Crippen LogP contribution in [0.25, 0.3) is 11.3 Å². The lowest BCUT2D eigenvalue weighted by atomic mass is 10.1. The molecular formula is C25H30N4O4. The van der Waals surface area contributed by atoms with Crippen molar-refractivity contribution in [2.24, 2.45) is 0 Å². The van der Waals surface area contributed by atoms with Crippen LogP contribution >= 0.6 is 0 Å². The minimum absolute atomic E-state index is 0.0575. The van der Waals surface area contributed by atoms with Crippen LogP contribution in [-0.2, 0) is 4.79 Å². The zero-order valence-corrected chi connectivity index (χ0v) is 19.3. The summed E-state index contributed by atoms with van der Waals surface area (Å²) in [4.78, 5) is 14.3. The Morgan fingerprint density at radius 1 is 0.939 bits per heavy atom. The van der Waals surface area contributed by atoms with Crippen LogP contribution in [0.5, 0.6) is 17.4 Å². The van der Waals surface area contributed by atoms with Gasteiger partial charge in [-0.15, -0.1) is 10.2 Å². The Morgan fingerprint density at radius 2 is 1.73 bits per heavy atom. The van der Waals surface area contributed by atoms with Crippen molar-refractivity contribution in [1.29, 1.82) is 0 Å². The van der Waals surface area contributed by atoms with Crippen LogP contribution in [0.3, 0.4) is 0 Å². The average Bonchev–Trinajstić information content (AvgIpc) is 2.87. The second-order valence-corrected chi connectivity index (χ2v) is 7.14. The summed E-state index contributed by atoms with van der Waals surface area (Å²) in [5.41, 5.74) is 2.75. The molecule has 1 aromatic heterocycles. The van der Waals surface area contributed by atoms with Gasteiger partial charge < -0.3 is 24.4 Å². The number of nitrogens with one attached hydrogen (secondary N) is 1. The van der Waals surface area contributed by atoms with Gasteiger partial charge in [-0.3, -0.25) is 4.79 Å². The molecule has 0 saturated heterocycles. The summed E-state index contributed by atoms with van der Waals surface area (Å²) < 4.78 is 16.3. The fraction of sp³-hybridized carbons (Fsp3) is 0.320. The maximum Gasteiger partial charge on any atom is 0.258 e. The van der Waals surface area contributed by atoms with Crippen LogP contribution in [-0.4, -0.2) is 56.1 Å². The molecule has 1 N–H and O–H groups in total. The molecule has 0 atom stereocenters. The standard InChI is InChI=1S/C25H30N4O4/c1-4-29(5-2)20-7-6-8-22(17-20)33-18-24(30)26-15-16-32-25-14-13-23(27-28-25)19-9-11-21(31-3)12-10-19/h6-14,17H,4-5,15-16,18H2,1-3H3,(H,26,30). The lowest BCUT2D eigenvalue weighted by Crippen LogP contribution is -2.32. The quantitative estimate of drug-likeness (QED) is 0.422. The Labute approximate surface area is 194 Å². The van der Waals surface area contributed by atoms with Crippen molar-refractivity contribution >= 4 is 11.6 Å². The smallest absolute Gasteiger partial charge is 0.258 e. The van der Waals surface area contributed by atoms with Crippen LogP contribution in [0.4, 0.5) is 5.69 Å². The zero-order valence-electron chi connectivity index (χ0n) is 19.3. The van der Waals surface area contributed by atoms with Gasteiger partial charge in [0.05, 0.1) is 19.3 Å². The van der Waals surface area contributed by atoms with Gasteiger partial charge in [-0.2, -0.15) is 0 Å². The van der Waals surface area contributed by atoms with Gasteiger partial charge in [-0.25, -0.2) is 0 Å². The Kier molecular flexibility index (Phi) is 8.88. The summed E-state index contributed by atoms with van der Waals surface area (Å²) in [6.07, 6.45) is 0. The van der Waals surface area contributed by atoms with E-state index in [0.717, 1.165) is 35.8 Å². The molecule has 33 heavy (non-hydrogen) atoms. The lowest BCUT2D eigenvalue weighted by Gasteiger charge is -2.21. The summed E-state index contributed by atoms with van der Waals surface area (Å²) >= 11 is 0. The number of carbonyl (C=O) groups excluding carboxylic acids is 1. The second-order valence-electron chi connectivity index (χ2n) is 7.14. The number of hydrogen-bond donors (Lipinski definition) is 1. The third kappa shape index (κ3) is 7.10. The Balaban J connectivity index is 1.38. The van der Waals surface area contributed by atoms with Gasteiger partial charge in [0.1, 0.15) is 18.1 Å². The average molecular weight is 451 g/mol. The monoisotopic (exact) mass is 450 g/mol. The predicted molar refractivity (Wildman–Crippen MR) is 128 cm³/mol. The number of anilines is 1. The van der Waals surface area contributed by atoms with E-state index in [2.05, 4.69) is 34.3 Å². The molecule has 0 spiro atoms. The molecule has 8 heteroatoms. The van der Waals surface area contributed by atoms with Gasteiger partial charge in [0, 0.05) is 36.5 Å². The molecule has 0 aliphatic carbocycles. The summed E-state index contributed by atoms with van der Waals surface area (Å²) in [6.45, 7) is 6.59. The number of aromatic nitrogens is 2. The van der Waals surface area contributed by atoms with Gasteiger partial charge in [-0.05, 0) is 56.3 Å². The molecule has 1 amide bonds. The van der Waals surface area contributed by atoms with E-state index in [9.17, 15) is 4.79 Å². The van der Waals surface area contributed by atoms with Crippen molar-refractivity contribution in [1.82, 2.24) is 15.5 Å². The van der Waals surface area contributed by atoms with Gasteiger partial charge in [0.15, 0.2) is 6.61 Å². The summed E-state index contributed by atoms with van der Waals surface area (Å²) in [5.74, 6) is 1.63. The highest BCUT2D eigenvalue weighted by Crippen LogP contribution is 2.22. The van der Waals surface area contributed by atoms with Gasteiger partial charge in [0.25, 0.3) is 5.91 Å². The zero-order chi connectivity index (χ0) is 23.5. The number of carbonyl (C=O) groups is 1. The first-order valence-electron chi connectivity index (χ1n) is 11.0. The van der Waals surface area contributed by atoms with Gasteiger partial charge in [-0.1, -0.05) is 6.07 Å².